The van der Waals surface area contributed by atoms with Crippen LogP contribution in [-0.4, -0.2) is 73.6 Å². The Balaban J connectivity index is 1.48. The summed E-state index contributed by atoms with van der Waals surface area (Å²) in [7, 11) is 0. The molecule has 1 fully saturated rings. The molecule has 2 aromatic rings. The van der Waals surface area contributed by atoms with Gasteiger partial charge in [0.2, 0.25) is 11.8 Å². The number of unbranched alkanes of at least 4 members (excludes halogenated alkanes) is 1. The Hall–Kier alpha value is -3.39. The van der Waals surface area contributed by atoms with E-state index in [1.165, 1.54) is 22.7 Å². The molecule has 2 aliphatic rings. The van der Waals surface area contributed by atoms with Crippen molar-refractivity contribution >= 4 is 34.8 Å². The summed E-state index contributed by atoms with van der Waals surface area (Å²) in [5.41, 5.74) is 2.38. The Morgan fingerprint density at radius 3 is 2.36 bits per heavy atom. The second-order valence-corrected chi connectivity index (χ2v) is 8.49. The Morgan fingerprint density at radius 2 is 1.70 bits per heavy atom. The van der Waals surface area contributed by atoms with Gasteiger partial charge in [0.05, 0.1) is 23.5 Å². The van der Waals surface area contributed by atoms with Crippen LogP contribution in [0.25, 0.3) is 0 Å². The molecule has 0 aromatic heterocycles. The summed E-state index contributed by atoms with van der Waals surface area (Å²) in [5.74, 6) is -1.38. The molecule has 174 valence electrons. The van der Waals surface area contributed by atoms with Gasteiger partial charge < -0.3 is 14.9 Å². The molecule has 2 aromatic carbocycles. The summed E-state index contributed by atoms with van der Waals surface area (Å²) in [6.45, 7) is 5.86. The van der Waals surface area contributed by atoms with Gasteiger partial charge in [-0.05, 0) is 36.8 Å². The van der Waals surface area contributed by atoms with Crippen molar-refractivity contribution in [2.24, 2.45) is 0 Å². The molecular formula is C25H30N4O4. The number of nitrogens with zero attached hydrogens (tertiary/aromatic N) is 4. The zero-order valence-corrected chi connectivity index (χ0v) is 18.9. The minimum atomic E-state index is -1.06. The number of carboxylic acids is 1. The highest BCUT2D eigenvalue weighted by atomic mass is 16.4. The molecule has 4 rings (SSSR count). The van der Waals surface area contributed by atoms with E-state index in [1.807, 2.05) is 18.2 Å². The summed E-state index contributed by atoms with van der Waals surface area (Å²) < 4.78 is 0. The summed E-state index contributed by atoms with van der Waals surface area (Å²) in [4.78, 5) is 45.2. The van der Waals surface area contributed by atoms with E-state index in [9.17, 15) is 19.5 Å². The summed E-state index contributed by atoms with van der Waals surface area (Å²) in [6, 6.07) is 14.8. The Labute approximate surface area is 194 Å². The van der Waals surface area contributed by atoms with Crippen LogP contribution in [0.3, 0.4) is 0 Å². The van der Waals surface area contributed by atoms with Gasteiger partial charge in [-0.1, -0.05) is 31.5 Å². The zero-order chi connectivity index (χ0) is 23.4. The quantitative estimate of drug-likeness (QED) is 0.698. The minimum Gasteiger partial charge on any atom is -0.478 e. The minimum absolute atomic E-state index is 0.0669. The second-order valence-electron chi connectivity index (χ2n) is 8.49. The number of hydrogen-bond donors (Lipinski definition) is 1. The maximum atomic E-state index is 13.3. The van der Waals surface area contributed by atoms with Gasteiger partial charge in [-0.2, -0.15) is 0 Å². The van der Waals surface area contributed by atoms with Crippen molar-refractivity contribution in [3.05, 3.63) is 54.1 Å². The predicted octanol–water partition coefficient (Wildman–Crippen LogP) is 2.69. The fourth-order valence-corrected chi connectivity index (χ4v) is 4.40. The van der Waals surface area contributed by atoms with Crippen molar-refractivity contribution in [3.8, 4) is 0 Å². The highest BCUT2D eigenvalue weighted by Crippen LogP contribution is 2.35. The Bertz CT molecular complexity index is 1020. The average Bonchev–Trinajstić information content (AvgIpc) is 2.83. The van der Waals surface area contributed by atoms with E-state index >= 15 is 0 Å². The number of carboxylic acid groups (broad SMARTS) is 1. The molecule has 0 atom stereocenters. The van der Waals surface area contributed by atoms with Gasteiger partial charge in [0, 0.05) is 38.4 Å². The molecule has 0 radical (unpaired) electrons. The molecule has 1 N–H and O–H groups in total. The summed E-state index contributed by atoms with van der Waals surface area (Å²) in [5, 5.41) is 9.45. The monoisotopic (exact) mass is 450 g/mol. The lowest BCUT2D eigenvalue weighted by Crippen LogP contribution is -2.53. The zero-order valence-electron chi connectivity index (χ0n) is 18.9. The third-order valence-corrected chi connectivity index (χ3v) is 6.29. The maximum Gasteiger partial charge on any atom is 0.335 e. The van der Waals surface area contributed by atoms with Crippen molar-refractivity contribution in [2.75, 3.05) is 60.5 Å². The highest BCUT2D eigenvalue weighted by molar-refractivity contribution is 6.12. The van der Waals surface area contributed by atoms with E-state index in [2.05, 4.69) is 28.9 Å². The van der Waals surface area contributed by atoms with Gasteiger partial charge >= 0.3 is 5.97 Å². The first kappa shape index (κ1) is 22.8. The fourth-order valence-electron chi connectivity index (χ4n) is 4.40. The fraction of sp³-hybridized carbons (Fsp3) is 0.400. The van der Waals surface area contributed by atoms with Crippen LogP contribution in [0.1, 0.15) is 30.1 Å². The lowest BCUT2D eigenvalue weighted by atomic mass is 10.1. The highest BCUT2D eigenvalue weighted by Gasteiger charge is 2.34. The molecule has 33 heavy (non-hydrogen) atoms. The first-order chi connectivity index (χ1) is 16.0. The molecule has 0 aliphatic carbocycles. The Morgan fingerprint density at radius 1 is 0.970 bits per heavy atom. The van der Waals surface area contributed by atoms with E-state index in [-0.39, 0.29) is 30.5 Å². The number of anilines is 3. The number of piperazine rings is 1. The molecule has 0 spiro atoms. The Kier molecular flexibility index (Phi) is 6.93. The molecule has 2 aliphatic heterocycles. The van der Waals surface area contributed by atoms with Crippen molar-refractivity contribution < 1.29 is 19.5 Å². The number of para-hydroxylation sites is 1. The van der Waals surface area contributed by atoms with Crippen LogP contribution in [0.2, 0.25) is 0 Å². The van der Waals surface area contributed by atoms with Crippen LogP contribution in [0.4, 0.5) is 17.1 Å². The van der Waals surface area contributed by atoms with Crippen LogP contribution in [0, 0.1) is 0 Å². The molecule has 0 unspecified atom stereocenters. The molecule has 0 saturated carbocycles. The molecule has 2 heterocycles. The van der Waals surface area contributed by atoms with E-state index in [1.54, 1.807) is 11.0 Å². The molecule has 0 bridgehead atoms. The number of fused-ring (bicyclic) bond motifs is 1. The number of hydrogen-bond acceptors (Lipinski definition) is 5. The van der Waals surface area contributed by atoms with Gasteiger partial charge in [-0.3, -0.25) is 19.4 Å². The third kappa shape index (κ3) is 5.01. The van der Waals surface area contributed by atoms with E-state index in [0.29, 0.717) is 17.9 Å². The maximum absolute atomic E-state index is 13.3. The SMILES string of the molecule is CCCCN1C(=O)CN(C(=O)CN2CCN(c3ccccc3)CC2)c2cc(C(=O)O)ccc21. The van der Waals surface area contributed by atoms with Crippen molar-refractivity contribution in [1.29, 1.82) is 0 Å². The number of carbonyl (C=O) groups excluding carboxylic acids is 2. The van der Waals surface area contributed by atoms with Crippen molar-refractivity contribution in [3.63, 3.8) is 0 Å². The van der Waals surface area contributed by atoms with E-state index in [4.69, 9.17) is 0 Å². The summed E-state index contributed by atoms with van der Waals surface area (Å²) in [6.07, 6.45) is 1.77. The van der Waals surface area contributed by atoms with Crippen molar-refractivity contribution in [2.45, 2.75) is 19.8 Å². The molecule has 2 amide bonds. The molecule has 8 heteroatoms. The second kappa shape index (κ2) is 10.0. The van der Waals surface area contributed by atoms with Crippen LogP contribution in [-0.2, 0) is 9.59 Å². The topological polar surface area (TPSA) is 84.4 Å². The van der Waals surface area contributed by atoms with Gasteiger partial charge in [-0.15, -0.1) is 0 Å². The van der Waals surface area contributed by atoms with E-state index < -0.39 is 5.97 Å². The molecule has 1 saturated heterocycles. The van der Waals surface area contributed by atoms with E-state index in [0.717, 1.165) is 39.0 Å². The number of carbonyl (C=O) groups is 3. The summed E-state index contributed by atoms with van der Waals surface area (Å²) >= 11 is 0. The van der Waals surface area contributed by atoms with Crippen LogP contribution in [0.5, 0.6) is 0 Å². The number of rotatable bonds is 7. The smallest absolute Gasteiger partial charge is 0.335 e. The lowest BCUT2D eigenvalue weighted by Gasteiger charge is -2.39. The van der Waals surface area contributed by atoms with Gasteiger partial charge in [0.1, 0.15) is 6.54 Å². The third-order valence-electron chi connectivity index (χ3n) is 6.29. The number of benzene rings is 2. The van der Waals surface area contributed by atoms with Crippen molar-refractivity contribution in [1.82, 2.24) is 4.90 Å². The van der Waals surface area contributed by atoms with Crippen LogP contribution < -0.4 is 14.7 Å². The average molecular weight is 451 g/mol. The predicted molar refractivity (Wildman–Crippen MR) is 128 cm³/mol. The molecular weight excluding hydrogens is 420 g/mol. The number of amides is 2. The first-order valence-electron chi connectivity index (χ1n) is 11.5. The van der Waals surface area contributed by atoms with Crippen LogP contribution in [0.15, 0.2) is 48.5 Å². The molecule has 8 nitrogen and oxygen atoms in total. The van der Waals surface area contributed by atoms with Gasteiger partial charge in [-0.25, -0.2) is 4.79 Å². The first-order valence-corrected chi connectivity index (χ1v) is 11.5. The largest absolute Gasteiger partial charge is 0.478 e. The normalized spacial score (nSPS) is 16.6. The van der Waals surface area contributed by atoms with Gasteiger partial charge in [0.25, 0.3) is 0 Å². The van der Waals surface area contributed by atoms with Gasteiger partial charge in [0.15, 0.2) is 0 Å². The van der Waals surface area contributed by atoms with Crippen LogP contribution >= 0.6 is 0 Å². The lowest BCUT2D eigenvalue weighted by molar-refractivity contribution is -0.123. The standard InChI is InChI=1S/C25H30N4O4/c1-2-3-11-28-21-10-9-19(25(32)33)16-22(21)29(18-24(28)31)23(30)17-26-12-14-27(15-13-26)20-7-5-4-6-8-20/h4-10,16H,2-3,11-15,17-18H2,1H3,(H,32,33). The number of aromatic carboxylic acids is 1.